The molecule has 1 unspecified atom stereocenters. The molecule has 0 aromatic heterocycles. The molecule has 0 fully saturated rings. The Morgan fingerprint density at radius 3 is 2.31 bits per heavy atom. The fourth-order valence-corrected chi connectivity index (χ4v) is 4.31. The van der Waals surface area contributed by atoms with Gasteiger partial charge in [0.2, 0.25) is 0 Å². The van der Waals surface area contributed by atoms with E-state index in [1.807, 2.05) is 30.3 Å². The lowest BCUT2D eigenvalue weighted by Crippen LogP contribution is -2.42. The van der Waals surface area contributed by atoms with E-state index in [4.69, 9.17) is 51.9 Å². The maximum Gasteiger partial charge on any atom is 0.435 e. The van der Waals surface area contributed by atoms with Crippen molar-refractivity contribution < 1.29 is 18.0 Å². The Morgan fingerprint density at radius 2 is 1.66 bits per heavy atom. The minimum Gasteiger partial charge on any atom is -0.374 e. The number of alkyl halides is 3. The van der Waals surface area contributed by atoms with Crippen molar-refractivity contribution in [3.63, 3.8) is 0 Å². The lowest BCUT2D eigenvalue weighted by atomic mass is 9.86. The molecule has 3 aromatic carbocycles. The van der Waals surface area contributed by atoms with E-state index in [0.29, 0.717) is 16.3 Å². The van der Waals surface area contributed by atoms with Crippen LogP contribution in [0.3, 0.4) is 0 Å². The summed E-state index contributed by atoms with van der Waals surface area (Å²) < 4.78 is 42.7. The molecule has 0 bridgehead atoms. The summed E-state index contributed by atoms with van der Waals surface area (Å²) >= 11 is 23.4. The summed E-state index contributed by atoms with van der Waals surface area (Å²) in [6.07, 6.45) is -5.38. The van der Waals surface area contributed by atoms with Gasteiger partial charge in [0.05, 0.1) is 16.4 Å². The molecule has 35 heavy (non-hydrogen) atoms. The number of rotatable bonds is 5. The molecule has 0 amide bonds. The number of thiocarbonyl (C=S) groups is 1. The van der Waals surface area contributed by atoms with E-state index < -0.39 is 18.2 Å². The van der Waals surface area contributed by atoms with Gasteiger partial charge in [-0.3, -0.25) is 10.9 Å². The molecule has 1 heterocycles. The van der Waals surface area contributed by atoms with Gasteiger partial charge < -0.3 is 10.2 Å². The van der Waals surface area contributed by atoms with Crippen LogP contribution in [0.25, 0.3) is 0 Å². The number of nitrogens with zero attached hydrogens (tertiary/aromatic N) is 1. The Kier molecular flexibility index (Phi) is 7.32. The third-order valence-electron chi connectivity index (χ3n) is 5.16. The van der Waals surface area contributed by atoms with E-state index in [9.17, 15) is 13.2 Å². The van der Waals surface area contributed by atoms with Gasteiger partial charge in [-0.25, -0.2) is 0 Å². The fourth-order valence-electron chi connectivity index (χ4n) is 3.45. The number of para-hydroxylation sites is 1. The first-order valence-corrected chi connectivity index (χ1v) is 11.6. The fraction of sp³-hybridized carbons (Fsp3) is 0.130. The second kappa shape index (κ2) is 10.1. The molecule has 12 heteroatoms. The average Bonchev–Trinajstić information content (AvgIpc) is 3.26. The molecule has 5 nitrogen and oxygen atoms in total. The van der Waals surface area contributed by atoms with E-state index in [0.717, 1.165) is 5.69 Å². The third-order valence-corrected chi connectivity index (χ3v) is 6.13. The number of anilines is 2. The second-order valence-electron chi connectivity index (χ2n) is 7.55. The van der Waals surface area contributed by atoms with Crippen LogP contribution in [0.1, 0.15) is 17.5 Å². The van der Waals surface area contributed by atoms with Crippen LogP contribution in [-0.4, -0.2) is 17.0 Å². The van der Waals surface area contributed by atoms with Crippen molar-refractivity contribution in [2.75, 3.05) is 10.7 Å². The molecule has 1 aliphatic rings. The number of halogens is 6. The van der Waals surface area contributed by atoms with Gasteiger partial charge in [0.25, 0.3) is 5.60 Å². The first-order valence-electron chi connectivity index (χ1n) is 10.0. The smallest absolute Gasteiger partial charge is 0.374 e. The van der Waals surface area contributed by atoms with Crippen molar-refractivity contribution in [1.29, 1.82) is 0 Å². The quantitative estimate of drug-likeness (QED) is 0.223. The molecule has 4 rings (SSSR count). The largest absolute Gasteiger partial charge is 0.435 e. The van der Waals surface area contributed by atoms with Crippen LogP contribution in [0, 0.1) is 0 Å². The molecule has 0 saturated carbocycles. The van der Waals surface area contributed by atoms with Crippen molar-refractivity contribution in [3.05, 3.63) is 92.9 Å². The molecule has 3 N–H and O–H groups in total. The Balaban J connectivity index is 1.53. The molecule has 0 saturated heterocycles. The van der Waals surface area contributed by atoms with Crippen LogP contribution in [0.15, 0.2) is 71.9 Å². The zero-order valence-corrected chi connectivity index (χ0v) is 20.7. The van der Waals surface area contributed by atoms with Crippen LogP contribution >= 0.6 is 47.0 Å². The first kappa shape index (κ1) is 25.4. The minimum atomic E-state index is -4.80. The predicted molar refractivity (Wildman–Crippen MR) is 137 cm³/mol. The lowest BCUT2D eigenvalue weighted by molar-refractivity contribution is -0.275. The number of nitrogens with one attached hydrogen (secondary N) is 3. The molecule has 0 aliphatic carbocycles. The van der Waals surface area contributed by atoms with Gasteiger partial charge in [-0.2, -0.15) is 13.2 Å². The Morgan fingerprint density at radius 1 is 0.971 bits per heavy atom. The van der Waals surface area contributed by atoms with Crippen LogP contribution < -0.4 is 16.2 Å². The summed E-state index contributed by atoms with van der Waals surface area (Å²) in [7, 11) is 0. The highest BCUT2D eigenvalue weighted by molar-refractivity contribution is 7.80. The third kappa shape index (κ3) is 5.59. The van der Waals surface area contributed by atoms with Gasteiger partial charge in [-0.15, -0.1) is 0 Å². The Hall–Kier alpha value is -2.72. The summed E-state index contributed by atoms with van der Waals surface area (Å²) in [4.78, 5) is 5.05. The SMILES string of the molecule is FC(F)(F)C1(c2cc(Cl)cc(Cl)c2)CC(c2ccc(Cl)c(NNC(=S)Nc3ccccc3)c2)=NO1. The molecule has 1 aliphatic heterocycles. The number of oxime groups is 1. The summed E-state index contributed by atoms with van der Waals surface area (Å²) in [6.45, 7) is 0. The Labute approximate surface area is 219 Å². The number of hydrazine groups is 1. The van der Waals surface area contributed by atoms with Crippen LogP contribution in [0.5, 0.6) is 0 Å². The van der Waals surface area contributed by atoms with Gasteiger partial charge in [0.1, 0.15) is 0 Å². The highest BCUT2D eigenvalue weighted by atomic mass is 35.5. The molecule has 1 atom stereocenters. The topological polar surface area (TPSA) is 57.7 Å². The van der Waals surface area contributed by atoms with Gasteiger partial charge in [0, 0.05) is 33.3 Å². The number of hydrogen-bond donors (Lipinski definition) is 3. The standard InChI is InChI=1S/C23H16Cl3F3N4OS/c24-15-9-14(10-16(25)11-15)22(23(27,28)29)12-20(33-34-22)13-6-7-18(26)19(8-13)31-32-21(35)30-17-4-2-1-3-5-17/h1-11,31H,12H2,(H2,30,32,35). The van der Waals surface area contributed by atoms with Crippen molar-refractivity contribution in [1.82, 2.24) is 5.43 Å². The monoisotopic (exact) mass is 558 g/mol. The predicted octanol–water partition coefficient (Wildman–Crippen LogP) is 7.54. The maximum atomic E-state index is 14.2. The normalized spacial score (nSPS) is 17.4. The zero-order valence-electron chi connectivity index (χ0n) is 17.6. The van der Waals surface area contributed by atoms with Crippen molar-refractivity contribution in [2.24, 2.45) is 5.16 Å². The van der Waals surface area contributed by atoms with E-state index in [2.05, 4.69) is 21.3 Å². The van der Waals surface area contributed by atoms with Crippen LogP contribution in [0.2, 0.25) is 15.1 Å². The van der Waals surface area contributed by atoms with E-state index in [-0.39, 0.29) is 26.4 Å². The van der Waals surface area contributed by atoms with E-state index in [1.54, 1.807) is 12.1 Å². The van der Waals surface area contributed by atoms with Gasteiger partial charge in [-0.1, -0.05) is 64.2 Å². The highest BCUT2D eigenvalue weighted by Gasteiger charge is 2.62. The summed E-state index contributed by atoms with van der Waals surface area (Å²) in [5, 5.41) is 7.42. The molecular formula is C23H16Cl3F3N4OS. The Bertz CT molecular complexity index is 1270. The van der Waals surface area contributed by atoms with Crippen molar-refractivity contribution >= 4 is 69.2 Å². The molecule has 0 radical (unpaired) electrons. The number of benzene rings is 3. The minimum absolute atomic E-state index is 0.0531. The second-order valence-corrected chi connectivity index (χ2v) is 9.24. The molecule has 0 spiro atoms. The zero-order chi connectivity index (χ0) is 25.2. The van der Waals surface area contributed by atoms with Gasteiger partial charge in [-0.05, 0) is 54.7 Å². The molecule has 182 valence electrons. The summed E-state index contributed by atoms with van der Waals surface area (Å²) in [5.74, 6) is 0. The van der Waals surface area contributed by atoms with E-state index in [1.165, 1.54) is 24.3 Å². The molecule has 3 aromatic rings. The molecular weight excluding hydrogens is 544 g/mol. The first-order chi connectivity index (χ1) is 16.6. The summed E-state index contributed by atoms with van der Waals surface area (Å²) in [6, 6.07) is 17.5. The number of hydrogen-bond acceptors (Lipinski definition) is 4. The van der Waals surface area contributed by atoms with E-state index >= 15 is 0 Å². The summed E-state index contributed by atoms with van der Waals surface area (Å²) in [5.41, 5.74) is 4.26. The van der Waals surface area contributed by atoms with Crippen molar-refractivity contribution in [3.8, 4) is 0 Å². The van der Waals surface area contributed by atoms with Gasteiger partial charge >= 0.3 is 6.18 Å². The van der Waals surface area contributed by atoms with Gasteiger partial charge in [0.15, 0.2) is 5.11 Å². The average molecular weight is 560 g/mol. The van der Waals surface area contributed by atoms with Crippen LogP contribution in [0.4, 0.5) is 24.5 Å². The maximum absolute atomic E-state index is 14.2. The van der Waals surface area contributed by atoms with Crippen molar-refractivity contribution in [2.45, 2.75) is 18.2 Å². The van der Waals surface area contributed by atoms with Crippen LogP contribution in [-0.2, 0) is 10.4 Å². The highest BCUT2D eigenvalue weighted by Crippen LogP contribution is 2.49. The lowest BCUT2D eigenvalue weighted by Gasteiger charge is -2.29.